The Bertz CT molecular complexity index is 1590. The van der Waals surface area contributed by atoms with Gasteiger partial charge in [0, 0.05) is 44.0 Å². The molecule has 1 amide bonds. The lowest BCUT2D eigenvalue weighted by Gasteiger charge is -2.33. The van der Waals surface area contributed by atoms with Crippen LogP contribution in [0.25, 0.3) is 0 Å². The minimum atomic E-state index is -3.99. The van der Waals surface area contributed by atoms with Crippen LogP contribution in [0.4, 0.5) is 5.69 Å². The number of likely N-dealkylation sites (N-methyl/N-ethyl adjacent to an activating group) is 1. The van der Waals surface area contributed by atoms with E-state index in [1.807, 2.05) is 6.92 Å². The second-order valence-electron chi connectivity index (χ2n) is 10.3. The standard InChI is InChI=1S/C27H35N5O7S2/c1-19-14-32(20(2)17-33)27(34)13-21-12-22(29-40(35,36)26-16-30(3)18-28-26)10-11-24(21)39-25(19)15-31(4)41(37,38)23-8-6-5-7-9-23/h5-12,16,18-20,25,29,33H,13-15,17H2,1-4H3/t19-,20+,25-/m1/s1. The fourth-order valence-corrected chi connectivity index (χ4v) is 6.81. The third-order valence-corrected chi connectivity index (χ3v) is 10.1. The van der Waals surface area contributed by atoms with Crippen LogP contribution in [0.1, 0.15) is 19.4 Å². The SMILES string of the molecule is C[C@@H]1CN([C@@H](C)CO)C(=O)Cc2cc(NS(=O)(=O)c3cn(C)cn3)ccc2O[C@@H]1CN(C)S(=O)(=O)c1ccccc1. The summed E-state index contributed by atoms with van der Waals surface area (Å²) in [6.07, 6.45) is 1.95. The molecule has 2 N–H and O–H groups in total. The minimum absolute atomic E-state index is 0.0125. The molecule has 222 valence electrons. The second-order valence-corrected chi connectivity index (χ2v) is 14.0. The molecule has 0 aliphatic carbocycles. The molecular weight excluding hydrogens is 570 g/mol. The number of rotatable bonds is 9. The van der Waals surface area contributed by atoms with E-state index < -0.39 is 32.2 Å². The van der Waals surface area contributed by atoms with Crippen LogP contribution in [0.2, 0.25) is 0 Å². The van der Waals surface area contributed by atoms with Crippen molar-refractivity contribution in [2.75, 3.05) is 31.5 Å². The van der Waals surface area contributed by atoms with Gasteiger partial charge in [0.05, 0.1) is 36.8 Å². The summed E-state index contributed by atoms with van der Waals surface area (Å²) in [5.74, 6) is -0.270. The third kappa shape index (κ3) is 6.89. The van der Waals surface area contributed by atoms with E-state index in [2.05, 4.69) is 9.71 Å². The van der Waals surface area contributed by atoms with Gasteiger partial charge in [0.1, 0.15) is 11.9 Å². The molecule has 41 heavy (non-hydrogen) atoms. The number of imidazole rings is 1. The number of amides is 1. The van der Waals surface area contributed by atoms with Crippen LogP contribution in [-0.2, 0) is 38.3 Å². The van der Waals surface area contributed by atoms with Gasteiger partial charge in [-0.2, -0.15) is 12.7 Å². The van der Waals surface area contributed by atoms with E-state index in [1.54, 1.807) is 43.1 Å². The normalized spacial score (nSPS) is 19.1. The number of hydrogen-bond donors (Lipinski definition) is 2. The first-order valence-corrected chi connectivity index (χ1v) is 16.0. The lowest BCUT2D eigenvalue weighted by molar-refractivity contribution is -0.134. The van der Waals surface area contributed by atoms with Gasteiger partial charge in [-0.1, -0.05) is 25.1 Å². The highest BCUT2D eigenvalue weighted by atomic mass is 32.2. The molecule has 12 nitrogen and oxygen atoms in total. The van der Waals surface area contributed by atoms with Gasteiger partial charge in [0.25, 0.3) is 10.0 Å². The number of aliphatic hydroxyl groups excluding tert-OH is 1. The maximum absolute atomic E-state index is 13.4. The van der Waals surface area contributed by atoms with Gasteiger partial charge in [0.15, 0.2) is 5.03 Å². The Balaban J connectivity index is 1.68. The van der Waals surface area contributed by atoms with Crippen molar-refractivity contribution in [3.63, 3.8) is 0 Å². The van der Waals surface area contributed by atoms with Crippen LogP contribution >= 0.6 is 0 Å². The van der Waals surface area contributed by atoms with Crippen molar-refractivity contribution in [3.8, 4) is 5.75 Å². The van der Waals surface area contributed by atoms with E-state index in [0.717, 1.165) is 0 Å². The van der Waals surface area contributed by atoms with Crippen LogP contribution in [0, 0.1) is 5.92 Å². The van der Waals surface area contributed by atoms with Gasteiger partial charge in [-0.25, -0.2) is 13.4 Å². The number of sulfonamides is 2. The molecule has 1 aliphatic heterocycles. The Kier molecular flexibility index (Phi) is 9.07. The largest absolute Gasteiger partial charge is 0.488 e. The first-order chi connectivity index (χ1) is 19.3. The van der Waals surface area contributed by atoms with E-state index in [4.69, 9.17) is 4.74 Å². The number of carbonyl (C=O) groups excluding carboxylic acids is 1. The lowest BCUT2D eigenvalue weighted by Crippen LogP contribution is -2.48. The molecule has 0 radical (unpaired) electrons. The number of anilines is 1. The monoisotopic (exact) mass is 605 g/mol. The summed E-state index contributed by atoms with van der Waals surface area (Å²) >= 11 is 0. The van der Waals surface area contributed by atoms with Crippen LogP contribution in [0.3, 0.4) is 0 Å². The number of hydrogen-bond acceptors (Lipinski definition) is 8. The summed E-state index contributed by atoms with van der Waals surface area (Å²) in [6, 6.07) is 12.2. The molecule has 0 spiro atoms. The zero-order valence-corrected chi connectivity index (χ0v) is 25.0. The predicted octanol–water partition coefficient (Wildman–Crippen LogP) is 1.69. The highest BCUT2D eigenvalue weighted by molar-refractivity contribution is 7.92. The molecule has 2 heterocycles. The molecule has 1 aromatic heterocycles. The smallest absolute Gasteiger partial charge is 0.280 e. The number of nitrogens with zero attached hydrogens (tertiary/aromatic N) is 4. The molecular formula is C27H35N5O7S2. The Labute approximate surface area is 240 Å². The highest BCUT2D eigenvalue weighted by Gasteiger charge is 2.33. The molecule has 0 saturated heterocycles. The van der Waals surface area contributed by atoms with Crippen molar-refractivity contribution < 1.29 is 31.5 Å². The Morgan fingerprint density at radius 2 is 1.88 bits per heavy atom. The summed E-state index contributed by atoms with van der Waals surface area (Å²) in [5.41, 5.74) is 0.624. The zero-order valence-electron chi connectivity index (χ0n) is 23.3. The van der Waals surface area contributed by atoms with Gasteiger partial charge < -0.3 is 19.3 Å². The Morgan fingerprint density at radius 3 is 2.51 bits per heavy atom. The zero-order chi connectivity index (χ0) is 29.9. The molecule has 4 rings (SSSR count). The Morgan fingerprint density at radius 1 is 1.17 bits per heavy atom. The maximum atomic E-state index is 13.4. The van der Waals surface area contributed by atoms with E-state index in [1.165, 1.54) is 52.7 Å². The molecule has 0 bridgehead atoms. The fraction of sp³-hybridized carbons (Fsp3) is 0.407. The van der Waals surface area contributed by atoms with Crippen molar-refractivity contribution in [1.29, 1.82) is 0 Å². The number of ether oxygens (including phenoxy) is 1. The molecule has 14 heteroatoms. The van der Waals surface area contributed by atoms with Gasteiger partial charge >= 0.3 is 0 Å². The maximum Gasteiger partial charge on any atom is 0.280 e. The summed E-state index contributed by atoms with van der Waals surface area (Å²) < 4.78 is 63.8. The third-order valence-electron chi connectivity index (χ3n) is 7.01. The van der Waals surface area contributed by atoms with Crippen molar-refractivity contribution in [1.82, 2.24) is 18.8 Å². The summed E-state index contributed by atoms with van der Waals surface area (Å²) in [4.78, 5) is 19.0. The van der Waals surface area contributed by atoms with Crippen LogP contribution in [0.5, 0.6) is 5.75 Å². The summed E-state index contributed by atoms with van der Waals surface area (Å²) in [5, 5.41) is 9.69. The van der Waals surface area contributed by atoms with Gasteiger partial charge in [-0.3, -0.25) is 9.52 Å². The number of fused-ring (bicyclic) bond motifs is 1. The molecule has 0 saturated carbocycles. The predicted molar refractivity (Wildman–Crippen MR) is 152 cm³/mol. The lowest BCUT2D eigenvalue weighted by atomic mass is 10.0. The number of carbonyl (C=O) groups is 1. The first kappa shape index (κ1) is 30.5. The van der Waals surface area contributed by atoms with Crippen molar-refractivity contribution in [2.45, 2.75) is 42.3 Å². The number of aromatic nitrogens is 2. The van der Waals surface area contributed by atoms with Crippen molar-refractivity contribution in [3.05, 3.63) is 66.6 Å². The molecule has 0 unspecified atom stereocenters. The molecule has 0 fully saturated rings. The molecule has 1 aliphatic rings. The van der Waals surface area contributed by atoms with E-state index in [9.17, 15) is 26.7 Å². The summed E-state index contributed by atoms with van der Waals surface area (Å²) in [6.45, 7) is 3.53. The topological polar surface area (TPSA) is 151 Å². The Hall–Kier alpha value is -3.46. The fourth-order valence-electron chi connectivity index (χ4n) is 4.57. The minimum Gasteiger partial charge on any atom is -0.488 e. The van der Waals surface area contributed by atoms with Crippen LogP contribution in [-0.4, -0.2) is 85.5 Å². The van der Waals surface area contributed by atoms with Crippen molar-refractivity contribution >= 4 is 31.6 Å². The van der Waals surface area contributed by atoms with Gasteiger partial charge in [0.2, 0.25) is 15.9 Å². The average molecular weight is 606 g/mol. The van der Waals surface area contributed by atoms with E-state index in [-0.39, 0.29) is 53.6 Å². The van der Waals surface area contributed by atoms with Crippen LogP contribution in [0.15, 0.2) is 71.0 Å². The van der Waals surface area contributed by atoms with E-state index in [0.29, 0.717) is 11.3 Å². The number of aliphatic hydroxyl groups is 1. The number of nitrogens with one attached hydrogen (secondary N) is 1. The van der Waals surface area contributed by atoms with Gasteiger partial charge in [-0.15, -0.1) is 0 Å². The van der Waals surface area contributed by atoms with E-state index >= 15 is 0 Å². The van der Waals surface area contributed by atoms with Crippen molar-refractivity contribution in [2.24, 2.45) is 13.0 Å². The average Bonchev–Trinajstić information content (AvgIpc) is 3.40. The van der Waals surface area contributed by atoms with Crippen LogP contribution < -0.4 is 9.46 Å². The molecule has 2 aromatic carbocycles. The second kappa shape index (κ2) is 12.2. The van der Waals surface area contributed by atoms with Gasteiger partial charge in [-0.05, 0) is 37.3 Å². The quantitative estimate of drug-likeness (QED) is 0.374. The molecule has 3 aromatic rings. The highest BCUT2D eigenvalue weighted by Crippen LogP contribution is 2.30. The summed E-state index contributed by atoms with van der Waals surface area (Å²) in [7, 11) is -4.68. The number of benzene rings is 2. The first-order valence-electron chi connectivity index (χ1n) is 13.0. The molecule has 3 atom stereocenters. The number of aryl methyl sites for hydroxylation is 1.